The Kier molecular flexibility index (Phi) is 5.45. The van der Waals surface area contributed by atoms with E-state index in [0.29, 0.717) is 6.04 Å². The highest BCUT2D eigenvalue weighted by molar-refractivity contribution is 5.79. The minimum atomic E-state index is 0.259. The number of hydrogen-bond donors (Lipinski definition) is 3. The third-order valence-electron chi connectivity index (χ3n) is 4.40. The molecule has 1 aliphatic carbocycles. The van der Waals surface area contributed by atoms with Crippen LogP contribution in [0.15, 0.2) is 4.99 Å². The molecule has 0 aromatic heterocycles. The van der Waals surface area contributed by atoms with Crippen molar-refractivity contribution >= 4 is 5.96 Å². The molecule has 1 saturated heterocycles. The van der Waals surface area contributed by atoms with Crippen LogP contribution in [0.2, 0.25) is 0 Å². The van der Waals surface area contributed by atoms with Gasteiger partial charge in [-0.3, -0.25) is 10.4 Å². The van der Waals surface area contributed by atoms with Crippen molar-refractivity contribution in [3.8, 4) is 0 Å². The van der Waals surface area contributed by atoms with Crippen molar-refractivity contribution in [2.24, 2.45) is 16.3 Å². The van der Waals surface area contributed by atoms with E-state index in [4.69, 9.17) is 10.6 Å². The highest BCUT2D eigenvalue weighted by Gasteiger charge is 2.27. The van der Waals surface area contributed by atoms with Crippen molar-refractivity contribution in [2.75, 3.05) is 19.8 Å². The first-order chi connectivity index (χ1) is 9.22. The van der Waals surface area contributed by atoms with Crippen molar-refractivity contribution in [3.05, 3.63) is 0 Å². The van der Waals surface area contributed by atoms with Gasteiger partial charge >= 0.3 is 0 Å². The maximum Gasteiger partial charge on any atom is 0.205 e. The molecule has 0 aromatic carbocycles. The second-order valence-electron chi connectivity index (χ2n) is 6.21. The molecule has 0 radical (unpaired) electrons. The van der Waals surface area contributed by atoms with Crippen LogP contribution in [0.4, 0.5) is 0 Å². The SMILES string of the molecule is CC1(CN=C(NN)NC2CCCCC2)CCOCC1. The standard InChI is InChI=1S/C14H28N4O/c1-14(7-9-19-10-8-14)11-16-13(18-15)17-12-5-3-2-4-6-12/h12H,2-11,15H2,1H3,(H2,16,17,18). The lowest BCUT2D eigenvalue weighted by Gasteiger charge is -2.32. The maximum atomic E-state index is 5.58. The van der Waals surface area contributed by atoms with Gasteiger partial charge in [0.1, 0.15) is 0 Å². The summed E-state index contributed by atoms with van der Waals surface area (Å²) in [5.41, 5.74) is 2.97. The van der Waals surface area contributed by atoms with Crippen LogP contribution in [0.25, 0.3) is 0 Å². The van der Waals surface area contributed by atoms with Gasteiger partial charge in [0.25, 0.3) is 0 Å². The van der Waals surface area contributed by atoms with E-state index in [-0.39, 0.29) is 5.41 Å². The van der Waals surface area contributed by atoms with Gasteiger partial charge in [-0.05, 0) is 31.1 Å². The molecule has 1 aliphatic heterocycles. The molecule has 5 nitrogen and oxygen atoms in total. The van der Waals surface area contributed by atoms with Gasteiger partial charge in [-0.1, -0.05) is 26.2 Å². The van der Waals surface area contributed by atoms with Crippen molar-refractivity contribution in [1.29, 1.82) is 0 Å². The summed E-state index contributed by atoms with van der Waals surface area (Å²) in [4.78, 5) is 4.65. The zero-order valence-electron chi connectivity index (χ0n) is 12.1. The normalized spacial score (nSPS) is 25.1. The van der Waals surface area contributed by atoms with E-state index < -0.39 is 0 Å². The zero-order chi connectivity index (χ0) is 13.6. The smallest absolute Gasteiger partial charge is 0.205 e. The summed E-state index contributed by atoms with van der Waals surface area (Å²) in [7, 11) is 0. The Labute approximate surface area is 116 Å². The number of nitrogens with one attached hydrogen (secondary N) is 2. The molecule has 110 valence electrons. The van der Waals surface area contributed by atoms with Crippen LogP contribution in [0.5, 0.6) is 0 Å². The van der Waals surface area contributed by atoms with E-state index in [9.17, 15) is 0 Å². The third-order valence-corrected chi connectivity index (χ3v) is 4.40. The van der Waals surface area contributed by atoms with Gasteiger partial charge < -0.3 is 10.1 Å². The number of hydrogen-bond acceptors (Lipinski definition) is 3. The topological polar surface area (TPSA) is 71.7 Å². The average Bonchev–Trinajstić information content (AvgIpc) is 2.45. The zero-order valence-corrected chi connectivity index (χ0v) is 12.1. The molecule has 5 heteroatoms. The van der Waals surface area contributed by atoms with Crippen molar-refractivity contribution in [1.82, 2.24) is 10.7 Å². The molecule has 2 fully saturated rings. The van der Waals surface area contributed by atoms with Crippen LogP contribution in [0, 0.1) is 5.41 Å². The number of ether oxygens (including phenoxy) is 1. The second kappa shape index (κ2) is 7.10. The number of aliphatic imine (C=N–C) groups is 1. The molecule has 0 atom stereocenters. The number of nitrogens with zero attached hydrogens (tertiary/aromatic N) is 1. The first-order valence-corrected chi connectivity index (χ1v) is 7.57. The summed E-state index contributed by atoms with van der Waals surface area (Å²) in [5, 5.41) is 3.45. The Bertz CT molecular complexity index is 294. The largest absolute Gasteiger partial charge is 0.381 e. The summed E-state index contributed by atoms with van der Waals surface area (Å²) in [6.45, 7) is 4.81. The van der Waals surface area contributed by atoms with Crippen molar-refractivity contribution in [2.45, 2.75) is 57.9 Å². The predicted molar refractivity (Wildman–Crippen MR) is 77.8 cm³/mol. The first-order valence-electron chi connectivity index (χ1n) is 7.57. The van der Waals surface area contributed by atoms with Crippen LogP contribution in [0.3, 0.4) is 0 Å². The van der Waals surface area contributed by atoms with Crippen LogP contribution in [0.1, 0.15) is 51.9 Å². The Morgan fingerprint density at radius 3 is 2.58 bits per heavy atom. The van der Waals surface area contributed by atoms with E-state index >= 15 is 0 Å². The maximum absolute atomic E-state index is 5.58. The Morgan fingerprint density at radius 1 is 1.26 bits per heavy atom. The van der Waals surface area contributed by atoms with Gasteiger partial charge in [-0.25, -0.2) is 5.84 Å². The molecule has 0 aromatic rings. The lowest BCUT2D eigenvalue weighted by molar-refractivity contribution is 0.0283. The molecular weight excluding hydrogens is 240 g/mol. The van der Waals surface area contributed by atoms with Crippen LogP contribution < -0.4 is 16.6 Å². The summed E-state index contributed by atoms with van der Waals surface area (Å²) in [6, 6.07) is 0.533. The van der Waals surface area contributed by atoms with Gasteiger partial charge in [0.2, 0.25) is 5.96 Å². The lowest BCUT2D eigenvalue weighted by Crippen LogP contribution is -2.47. The fourth-order valence-electron chi connectivity index (χ4n) is 2.87. The minimum absolute atomic E-state index is 0.259. The molecular formula is C14H28N4O. The van der Waals surface area contributed by atoms with Crippen LogP contribution in [-0.4, -0.2) is 31.8 Å². The molecule has 0 bridgehead atoms. The van der Waals surface area contributed by atoms with Crippen LogP contribution in [-0.2, 0) is 4.74 Å². The highest BCUT2D eigenvalue weighted by atomic mass is 16.5. The van der Waals surface area contributed by atoms with E-state index in [2.05, 4.69) is 22.7 Å². The third kappa shape index (κ3) is 4.66. The molecule has 19 heavy (non-hydrogen) atoms. The molecule has 0 amide bonds. The minimum Gasteiger partial charge on any atom is -0.381 e. The van der Waals surface area contributed by atoms with Gasteiger partial charge in [0.05, 0.1) is 0 Å². The van der Waals surface area contributed by atoms with E-state index in [0.717, 1.165) is 38.6 Å². The van der Waals surface area contributed by atoms with Gasteiger partial charge in [0, 0.05) is 25.8 Å². The summed E-state index contributed by atoms with van der Waals surface area (Å²) < 4.78 is 5.42. The van der Waals surface area contributed by atoms with E-state index in [1.54, 1.807) is 0 Å². The Hall–Kier alpha value is -0.810. The second-order valence-corrected chi connectivity index (χ2v) is 6.21. The Morgan fingerprint density at radius 2 is 1.95 bits per heavy atom. The summed E-state index contributed by atoms with van der Waals surface area (Å²) in [5.74, 6) is 6.33. The molecule has 2 rings (SSSR count). The molecule has 4 N–H and O–H groups in total. The number of nitrogens with two attached hydrogens (primary N) is 1. The quantitative estimate of drug-likeness (QED) is 0.314. The van der Waals surface area contributed by atoms with Crippen LogP contribution >= 0.6 is 0 Å². The fraction of sp³-hybridized carbons (Fsp3) is 0.929. The van der Waals surface area contributed by atoms with Crippen molar-refractivity contribution < 1.29 is 4.74 Å². The molecule has 1 heterocycles. The summed E-state index contributed by atoms with van der Waals surface area (Å²) in [6.07, 6.45) is 8.60. The van der Waals surface area contributed by atoms with E-state index in [1.807, 2.05) is 0 Å². The molecule has 1 saturated carbocycles. The monoisotopic (exact) mass is 268 g/mol. The molecule has 2 aliphatic rings. The Balaban J connectivity index is 1.83. The van der Waals surface area contributed by atoms with Gasteiger partial charge in [-0.2, -0.15) is 0 Å². The fourth-order valence-corrected chi connectivity index (χ4v) is 2.87. The number of hydrazine groups is 1. The predicted octanol–water partition coefficient (Wildman–Crippen LogP) is 1.54. The first kappa shape index (κ1) is 14.6. The highest BCUT2D eigenvalue weighted by Crippen LogP contribution is 2.29. The number of rotatable bonds is 3. The van der Waals surface area contributed by atoms with Gasteiger partial charge in [-0.15, -0.1) is 0 Å². The van der Waals surface area contributed by atoms with E-state index in [1.165, 1.54) is 32.1 Å². The average molecular weight is 268 g/mol. The molecule has 0 spiro atoms. The van der Waals surface area contributed by atoms with Crippen molar-refractivity contribution in [3.63, 3.8) is 0 Å². The van der Waals surface area contributed by atoms with Gasteiger partial charge in [0.15, 0.2) is 0 Å². The lowest BCUT2D eigenvalue weighted by atomic mass is 9.83. The summed E-state index contributed by atoms with van der Waals surface area (Å²) >= 11 is 0. The number of guanidine groups is 1. The molecule has 0 unspecified atom stereocenters.